The second-order valence-corrected chi connectivity index (χ2v) is 4.64. The highest BCUT2D eigenvalue weighted by Crippen LogP contribution is 2.30. The summed E-state index contributed by atoms with van der Waals surface area (Å²) in [6, 6.07) is 1.96. The smallest absolute Gasteiger partial charge is 0.198 e. The van der Waals surface area contributed by atoms with Crippen LogP contribution in [0.3, 0.4) is 0 Å². The highest BCUT2D eigenvalue weighted by molar-refractivity contribution is 5.59. The first-order valence-corrected chi connectivity index (χ1v) is 6.29. The molecule has 0 aliphatic carbocycles. The van der Waals surface area contributed by atoms with Crippen molar-refractivity contribution in [3.05, 3.63) is 36.1 Å². The fourth-order valence-corrected chi connectivity index (χ4v) is 2.30. The van der Waals surface area contributed by atoms with Gasteiger partial charge in [0.1, 0.15) is 0 Å². The Balaban J connectivity index is 1.87. The topological polar surface area (TPSA) is 48.2 Å². The number of rotatable bonds is 2. The van der Waals surface area contributed by atoms with Crippen LogP contribution in [-0.2, 0) is 4.74 Å². The van der Waals surface area contributed by atoms with Gasteiger partial charge in [-0.05, 0) is 31.4 Å². The first-order chi connectivity index (χ1) is 8.84. The third-order valence-electron chi connectivity index (χ3n) is 3.38. The van der Waals surface area contributed by atoms with Crippen molar-refractivity contribution < 1.29 is 9.15 Å². The molecular weight excluding hydrogens is 228 g/mol. The normalized spacial score (nSPS) is 16.9. The predicted octanol–water partition coefficient (Wildman–Crippen LogP) is 2.94. The van der Waals surface area contributed by atoms with Gasteiger partial charge in [0, 0.05) is 37.1 Å². The molecule has 1 saturated heterocycles. The zero-order valence-corrected chi connectivity index (χ0v) is 10.4. The molecular formula is C14H16N2O2. The minimum absolute atomic E-state index is 0.398. The molecule has 0 spiro atoms. The Hall–Kier alpha value is -1.68. The number of ether oxygens (including phenoxy) is 1. The van der Waals surface area contributed by atoms with Gasteiger partial charge in [0.25, 0.3) is 0 Å². The monoisotopic (exact) mass is 244 g/mol. The number of hydrogen-bond donors (Lipinski definition) is 0. The fraction of sp³-hybridized carbons (Fsp3) is 0.429. The number of pyridine rings is 1. The number of oxazole rings is 1. The molecule has 0 atom stereocenters. The minimum atomic E-state index is 0.398. The van der Waals surface area contributed by atoms with Crippen molar-refractivity contribution in [3.63, 3.8) is 0 Å². The minimum Gasteiger partial charge on any atom is -0.440 e. The van der Waals surface area contributed by atoms with Crippen molar-refractivity contribution in [2.24, 2.45) is 0 Å². The Morgan fingerprint density at radius 1 is 1.22 bits per heavy atom. The molecule has 4 heteroatoms. The van der Waals surface area contributed by atoms with Crippen LogP contribution in [0, 0.1) is 6.92 Å². The van der Waals surface area contributed by atoms with Crippen LogP contribution in [0.2, 0.25) is 0 Å². The number of nitrogens with zero attached hydrogens (tertiary/aromatic N) is 2. The molecule has 0 aromatic carbocycles. The number of hydrogen-bond acceptors (Lipinski definition) is 4. The lowest BCUT2D eigenvalue weighted by Crippen LogP contribution is -2.14. The zero-order chi connectivity index (χ0) is 12.4. The third kappa shape index (κ3) is 2.16. The SMILES string of the molecule is Cc1cnccc1-c1cnc(C2CCOCC2)o1. The molecule has 3 rings (SSSR count). The van der Waals surface area contributed by atoms with E-state index in [9.17, 15) is 0 Å². The van der Waals surface area contributed by atoms with Crippen LogP contribution in [0.4, 0.5) is 0 Å². The first kappa shape index (κ1) is 11.4. The zero-order valence-electron chi connectivity index (χ0n) is 10.4. The van der Waals surface area contributed by atoms with E-state index < -0.39 is 0 Å². The Labute approximate surface area is 106 Å². The molecule has 2 aromatic rings. The lowest BCUT2D eigenvalue weighted by Gasteiger charge is -2.18. The van der Waals surface area contributed by atoms with Crippen LogP contribution in [0.5, 0.6) is 0 Å². The van der Waals surface area contributed by atoms with Crippen molar-refractivity contribution in [3.8, 4) is 11.3 Å². The van der Waals surface area contributed by atoms with E-state index in [0.29, 0.717) is 5.92 Å². The van der Waals surface area contributed by atoms with Crippen LogP contribution in [-0.4, -0.2) is 23.2 Å². The van der Waals surface area contributed by atoms with E-state index in [1.165, 1.54) is 0 Å². The van der Waals surface area contributed by atoms with Gasteiger partial charge in [-0.15, -0.1) is 0 Å². The summed E-state index contributed by atoms with van der Waals surface area (Å²) in [5.41, 5.74) is 2.17. The third-order valence-corrected chi connectivity index (χ3v) is 3.38. The van der Waals surface area contributed by atoms with Gasteiger partial charge in [0.2, 0.25) is 0 Å². The van der Waals surface area contributed by atoms with Crippen LogP contribution >= 0.6 is 0 Å². The van der Waals surface area contributed by atoms with Crippen molar-refractivity contribution >= 4 is 0 Å². The largest absolute Gasteiger partial charge is 0.440 e. The molecule has 4 nitrogen and oxygen atoms in total. The average Bonchev–Trinajstić information content (AvgIpc) is 2.90. The van der Waals surface area contributed by atoms with Crippen LogP contribution in [0.25, 0.3) is 11.3 Å². The molecule has 0 saturated carbocycles. The van der Waals surface area contributed by atoms with Crippen molar-refractivity contribution in [1.29, 1.82) is 0 Å². The van der Waals surface area contributed by atoms with E-state index in [1.807, 2.05) is 25.4 Å². The van der Waals surface area contributed by atoms with Crippen molar-refractivity contribution in [1.82, 2.24) is 9.97 Å². The Morgan fingerprint density at radius 3 is 2.83 bits per heavy atom. The summed E-state index contributed by atoms with van der Waals surface area (Å²) in [4.78, 5) is 8.50. The maximum absolute atomic E-state index is 5.90. The van der Waals surface area contributed by atoms with E-state index in [1.54, 1.807) is 6.20 Å². The van der Waals surface area contributed by atoms with Gasteiger partial charge in [-0.3, -0.25) is 4.98 Å². The standard InChI is InChI=1S/C14H16N2O2/c1-10-8-15-5-2-12(10)13-9-16-14(18-13)11-3-6-17-7-4-11/h2,5,8-9,11H,3-4,6-7H2,1H3. The quantitative estimate of drug-likeness (QED) is 0.815. The Morgan fingerprint density at radius 2 is 2.06 bits per heavy atom. The summed E-state index contributed by atoms with van der Waals surface area (Å²) in [6.45, 7) is 3.63. The summed E-state index contributed by atoms with van der Waals surface area (Å²) < 4.78 is 11.2. The Kier molecular flexibility index (Phi) is 3.11. The maximum Gasteiger partial charge on any atom is 0.198 e. The molecule has 1 aliphatic heterocycles. The van der Waals surface area contributed by atoms with E-state index in [2.05, 4.69) is 9.97 Å². The first-order valence-electron chi connectivity index (χ1n) is 6.29. The highest BCUT2D eigenvalue weighted by Gasteiger charge is 2.21. The summed E-state index contributed by atoms with van der Waals surface area (Å²) in [7, 11) is 0. The molecule has 0 unspecified atom stereocenters. The second kappa shape index (κ2) is 4.90. The average molecular weight is 244 g/mol. The number of aromatic nitrogens is 2. The molecule has 1 aliphatic rings. The summed E-state index contributed by atoms with van der Waals surface area (Å²) >= 11 is 0. The highest BCUT2D eigenvalue weighted by atomic mass is 16.5. The van der Waals surface area contributed by atoms with Crippen molar-refractivity contribution in [2.75, 3.05) is 13.2 Å². The molecule has 0 radical (unpaired) electrons. The molecule has 18 heavy (non-hydrogen) atoms. The van der Waals surface area contributed by atoms with Gasteiger partial charge in [0.15, 0.2) is 11.7 Å². The lowest BCUT2D eigenvalue weighted by molar-refractivity contribution is 0.0796. The van der Waals surface area contributed by atoms with Crippen LogP contribution in [0.15, 0.2) is 29.1 Å². The molecule has 1 fully saturated rings. The number of aryl methyl sites for hydroxylation is 1. The molecule has 0 N–H and O–H groups in total. The molecule has 2 aromatic heterocycles. The van der Waals surface area contributed by atoms with Gasteiger partial charge in [0.05, 0.1) is 6.20 Å². The summed E-state index contributed by atoms with van der Waals surface area (Å²) in [5, 5.41) is 0. The van der Waals surface area contributed by atoms with Crippen LogP contribution in [0.1, 0.15) is 30.2 Å². The van der Waals surface area contributed by atoms with E-state index in [-0.39, 0.29) is 0 Å². The maximum atomic E-state index is 5.90. The van der Waals surface area contributed by atoms with Gasteiger partial charge >= 0.3 is 0 Å². The van der Waals surface area contributed by atoms with E-state index >= 15 is 0 Å². The van der Waals surface area contributed by atoms with Gasteiger partial charge in [-0.2, -0.15) is 0 Å². The van der Waals surface area contributed by atoms with E-state index in [4.69, 9.17) is 9.15 Å². The lowest BCUT2D eigenvalue weighted by atomic mass is 10.0. The van der Waals surface area contributed by atoms with E-state index in [0.717, 1.165) is 48.8 Å². The van der Waals surface area contributed by atoms with Crippen molar-refractivity contribution in [2.45, 2.75) is 25.7 Å². The molecule has 0 bridgehead atoms. The molecule has 3 heterocycles. The van der Waals surface area contributed by atoms with Gasteiger partial charge in [-0.25, -0.2) is 4.98 Å². The second-order valence-electron chi connectivity index (χ2n) is 4.64. The van der Waals surface area contributed by atoms with Gasteiger partial charge in [-0.1, -0.05) is 0 Å². The summed E-state index contributed by atoms with van der Waals surface area (Å²) in [6.07, 6.45) is 7.42. The molecule has 94 valence electrons. The molecule has 0 amide bonds. The van der Waals surface area contributed by atoms with Gasteiger partial charge < -0.3 is 9.15 Å². The predicted molar refractivity (Wildman–Crippen MR) is 67.3 cm³/mol. The summed E-state index contributed by atoms with van der Waals surface area (Å²) in [5.74, 6) is 2.07. The fourth-order valence-electron chi connectivity index (χ4n) is 2.30. The Bertz CT molecular complexity index is 530. The van der Waals surface area contributed by atoms with Crippen LogP contribution < -0.4 is 0 Å².